The van der Waals surface area contributed by atoms with Gasteiger partial charge in [0.2, 0.25) is 5.91 Å². The van der Waals surface area contributed by atoms with Crippen LogP contribution in [0.3, 0.4) is 0 Å². The number of amides is 2. The minimum atomic E-state index is -0.729. The van der Waals surface area contributed by atoms with Crippen molar-refractivity contribution >= 4 is 11.8 Å². The number of rotatable bonds is 5. The molecule has 2 aromatic carbocycles. The van der Waals surface area contributed by atoms with Crippen molar-refractivity contribution in [2.24, 2.45) is 5.41 Å². The molecule has 0 radical (unpaired) electrons. The molecule has 1 aliphatic heterocycles. The Morgan fingerprint density at radius 2 is 1.79 bits per heavy atom. The maximum Gasteiger partial charge on any atom is 0.253 e. The second-order valence-corrected chi connectivity index (χ2v) is 7.42. The molecule has 1 fully saturated rings. The van der Waals surface area contributed by atoms with E-state index in [9.17, 15) is 9.59 Å². The fraction of sp³-hybridized carbons (Fsp3) is 0.261. The Hall–Kier alpha value is -3.41. The van der Waals surface area contributed by atoms with Crippen LogP contribution in [0.15, 0.2) is 71.3 Å². The number of aromatic nitrogens is 1. The number of hydrogen-bond acceptors (Lipinski definition) is 4. The normalized spacial score (nSPS) is 18.6. The molecule has 1 saturated heterocycles. The summed E-state index contributed by atoms with van der Waals surface area (Å²) < 4.78 is 5.55. The third-order valence-electron chi connectivity index (χ3n) is 5.51. The highest BCUT2D eigenvalue weighted by Crippen LogP contribution is 2.36. The summed E-state index contributed by atoms with van der Waals surface area (Å²) in [7, 11) is 1.63. The molecule has 1 N–H and O–H groups in total. The van der Waals surface area contributed by atoms with E-state index in [0.29, 0.717) is 37.3 Å². The molecule has 0 saturated carbocycles. The molecule has 1 aliphatic rings. The van der Waals surface area contributed by atoms with Crippen molar-refractivity contribution in [1.82, 2.24) is 15.4 Å². The summed E-state index contributed by atoms with van der Waals surface area (Å²) in [6.45, 7) is 0.878. The third kappa shape index (κ3) is 3.78. The minimum Gasteiger partial charge on any atom is -0.361 e. The summed E-state index contributed by atoms with van der Waals surface area (Å²) >= 11 is 0. The molecule has 0 aliphatic carbocycles. The highest BCUT2D eigenvalue weighted by Gasteiger charge is 2.46. The summed E-state index contributed by atoms with van der Waals surface area (Å²) in [6.07, 6.45) is 0.970. The van der Waals surface area contributed by atoms with E-state index in [2.05, 4.69) is 10.5 Å². The van der Waals surface area contributed by atoms with Gasteiger partial charge in [0, 0.05) is 43.8 Å². The predicted molar refractivity (Wildman–Crippen MR) is 109 cm³/mol. The first-order valence-corrected chi connectivity index (χ1v) is 9.69. The molecule has 1 atom stereocenters. The van der Waals surface area contributed by atoms with E-state index in [-0.39, 0.29) is 11.8 Å². The topological polar surface area (TPSA) is 75.4 Å². The Kier molecular flexibility index (Phi) is 5.16. The van der Waals surface area contributed by atoms with Crippen LogP contribution in [0.1, 0.15) is 22.5 Å². The lowest BCUT2D eigenvalue weighted by Crippen LogP contribution is -2.44. The molecular weight excluding hydrogens is 366 g/mol. The Morgan fingerprint density at radius 1 is 1.10 bits per heavy atom. The molecule has 6 heteroatoms. The van der Waals surface area contributed by atoms with E-state index in [0.717, 1.165) is 11.3 Å². The van der Waals surface area contributed by atoms with Crippen molar-refractivity contribution in [3.63, 3.8) is 0 Å². The molecule has 1 aromatic heterocycles. The smallest absolute Gasteiger partial charge is 0.253 e. The number of carbonyl (C=O) groups is 2. The SMILES string of the molecule is CNC(=O)[C@@]1(Cc2cc(-c3ccccc3)no2)CCN(C(=O)c2ccccc2)C1. The second-order valence-electron chi connectivity index (χ2n) is 7.42. The molecule has 29 heavy (non-hydrogen) atoms. The number of likely N-dealkylation sites (tertiary alicyclic amines) is 1. The molecule has 0 unspecified atom stereocenters. The number of carbonyl (C=O) groups excluding carboxylic acids is 2. The quantitative estimate of drug-likeness (QED) is 0.727. The van der Waals surface area contributed by atoms with Gasteiger partial charge in [0.1, 0.15) is 11.5 Å². The maximum absolute atomic E-state index is 12.8. The molecule has 2 heterocycles. The van der Waals surface area contributed by atoms with Crippen LogP contribution in [0.5, 0.6) is 0 Å². The second kappa shape index (κ2) is 7.91. The molecule has 0 spiro atoms. The molecule has 3 aromatic rings. The van der Waals surface area contributed by atoms with Crippen LogP contribution in [0.4, 0.5) is 0 Å². The lowest BCUT2D eigenvalue weighted by Gasteiger charge is -2.26. The fourth-order valence-electron chi connectivity index (χ4n) is 3.96. The highest BCUT2D eigenvalue weighted by molar-refractivity contribution is 5.95. The monoisotopic (exact) mass is 389 g/mol. The molecular formula is C23H23N3O3. The molecule has 6 nitrogen and oxygen atoms in total. The Bertz CT molecular complexity index is 1000. The van der Waals surface area contributed by atoms with Crippen molar-refractivity contribution in [1.29, 1.82) is 0 Å². The summed E-state index contributed by atoms with van der Waals surface area (Å²) in [5.74, 6) is 0.499. The third-order valence-corrected chi connectivity index (χ3v) is 5.51. The Labute approximate surface area is 169 Å². The van der Waals surface area contributed by atoms with Gasteiger partial charge in [-0.2, -0.15) is 0 Å². The van der Waals surface area contributed by atoms with Gasteiger partial charge < -0.3 is 14.7 Å². The lowest BCUT2D eigenvalue weighted by atomic mass is 9.81. The van der Waals surface area contributed by atoms with E-state index in [1.54, 1.807) is 24.1 Å². The Balaban J connectivity index is 1.55. The van der Waals surface area contributed by atoms with Crippen molar-refractivity contribution in [2.45, 2.75) is 12.8 Å². The van der Waals surface area contributed by atoms with Gasteiger partial charge in [-0.25, -0.2) is 0 Å². The molecule has 2 amide bonds. The molecule has 4 rings (SSSR count). The first-order valence-electron chi connectivity index (χ1n) is 9.69. The predicted octanol–water partition coefficient (Wildman–Crippen LogP) is 3.16. The first kappa shape index (κ1) is 18.9. The molecule has 0 bridgehead atoms. The van der Waals surface area contributed by atoms with Gasteiger partial charge >= 0.3 is 0 Å². The van der Waals surface area contributed by atoms with Crippen molar-refractivity contribution < 1.29 is 14.1 Å². The van der Waals surface area contributed by atoms with Crippen LogP contribution in [-0.4, -0.2) is 42.0 Å². The van der Waals surface area contributed by atoms with Gasteiger partial charge in [0.25, 0.3) is 5.91 Å². The zero-order valence-electron chi connectivity index (χ0n) is 16.3. The summed E-state index contributed by atoms with van der Waals surface area (Å²) in [4.78, 5) is 27.4. The van der Waals surface area contributed by atoms with Crippen LogP contribution in [0, 0.1) is 5.41 Å². The van der Waals surface area contributed by atoms with E-state index < -0.39 is 5.41 Å². The van der Waals surface area contributed by atoms with Crippen LogP contribution in [0.25, 0.3) is 11.3 Å². The van der Waals surface area contributed by atoms with Crippen molar-refractivity contribution in [2.75, 3.05) is 20.1 Å². The minimum absolute atomic E-state index is 0.0566. The van der Waals surface area contributed by atoms with E-state index in [1.165, 1.54) is 0 Å². The standard InChI is InChI=1S/C23H23N3O3/c1-24-22(28)23(12-13-26(16-23)21(27)18-10-6-3-7-11-18)15-19-14-20(25-29-19)17-8-4-2-5-9-17/h2-11,14H,12-13,15-16H2,1H3,(H,24,28)/t23-/m1/s1. The van der Waals surface area contributed by atoms with Gasteiger partial charge in [0.05, 0.1) is 5.41 Å². The van der Waals surface area contributed by atoms with Gasteiger partial charge in [-0.05, 0) is 18.6 Å². The number of nitrogens with one attached hydrogen (secondary N) is 1. The van der Waals surface area contributed by atoms with Crippen molar-refractivity contribution in [3.05, 3.63) is 78.1 Å². The molecule has 148 valence electrons. The summed E-state index contributed by atoms with van der Waals surface area (Å²) in [5.41, 5.74) is 1.60. The number of nitrogens with zero attached hydrogens (tertiary/aromatic N) is 2. The summed E-state index contributed by atoms with van der Waals surface area (Å²) in [5, 5.41) is 6.93. The van der Waals surface area contributed by atoms with Gasteiger partial charge in [-0.15, -0.1) is 0 Å². The summed E-state index contributed by atoms with van der Waals surface area (Å²) in [6, 6.07) is 20.8. The van der Waals surface area contributed by atoms with E-state index in [4.69, 9.17) is 4.52 Å². The van der Waals surface area contributed by atoms with E-state index in [1.807, 2.05) is 54.6 Å². The van der Waals surface area contributed by atoms with Crippen LogP contribution in [0.2, 0.25) is 0 Å². The average molecular weight is 389 g/mol. The fourth-order valence-corrected chi connectivity index (χ4v) is 3.96. The van der Waals surface area contributed by atoms with Gasteiger partial charge in [0.15, 0.2) is 0 Å². The largest absolute Gasteiger partial charge is 0.361 e. The van der Waals surface area contributed by atoms with Crippen LogP contribution in [-0.2, 0) is 11.2 Å². The number of benzene rings is 2. The number of hydrogen-bond donors (Lipinski definition) is 1. The first-order chi connectivity index (χ1) is 14.1. The highest BCUT2D eigenvalue weighted by atomic mass is 16.5. The van der Waals surface area contributed by atoms with E-state index >= 15 is 0 Å². The van der Waals surface area contributed by atoms with Crippen LogP contribution < -0.4 is 5.32 Å². The average Bonchev–Trinajstić information content (AvgIpc) is 3.42. The Morgan fingerprint density at radius 3 is 2.48 bits per heavy atom. The lowest BCUT2D eigenvalue weighted by molar-refractivity contribution is -0.130. The van der Waals surface area contributed by atoms with Gasteiger partial charge in [-0.3, -0.25) is 9.59 Å². The maximum atomic E-state index is 12.8. The zero-order valence-corrected chi connectivity index (χ0v) is 16.3. The van der Waals surface area contributed by atoms with Crippen molar-refractivity contribution in [3.8, 4) is 11.3 Å². The van der Waals surface area contributed by atoms with Crippen LogP contribution >= 0.6 is 0 Å². The van der Waals surface area contributed by atoms with Gasteiger partial charge in [-0.1, -0.05) is 53.7 Å². The zero-order chi connectivity index (χ0) is 20.3.